The van der Waals surface area contributed by atoms with Crippen molar-refractivity contribution in [3.63, 3.8) is 0 Å². The van der Waals surface area contributed by atoms with E-state index in [1.807, 2.05) is 11.8 Å². The summed E-state index contributed by atoms with van der Waals surface area (Å²) in [6.45, 7) is 4.44. The normalized spacial score (nSPS) is 33.9. The average Bonchev–Trinajstić information content (AvgIpc) is 2.41. The zero-order valence-electron chi connectivity index (χ0n) is 8.88. The predicted octanol–water partition coefficient (Wildman–Crippen LogP) is 3.21. The van der Waals surface area contributed by atoms with E-state index in [0.717, 1.165) is 18.6 Å². The van der Waals surface area contributed by atoms with Crippen LogP contribution in [0.4, 0.5) is 0 Å². The maximum atomic E-state index is 10.1. The van der Waals surface area contributed by atoms with Gasteiger partial charge in [0.05, 0.1) is 5.60 Å². The van der Waals surface area contributed by atoms with Gasteiger partial charge in [0.15, 0.2) is 0 Å². The molecule has 0 amide bonds. The second-order valence-corrected chi connectivity index (χ2v) is 5.79. The molecule has 2 atom stereocenters. The molecule has 1 aliphatic heterocycles. The summed E-state index contributed by atoms with van der Waals surface area (Å²) in [6.07, 6.45) is 7.12. The van der Waals surface area contributed by atoms with Crippen LogP contribution in [-0.2, 0) is 0 Å². The molecule has 1 aliphatic rings. The van der Waals surface area contributed by atoms with Gasteiger partial charge in [0.1, 0.15) is 0 Å². The van der Waals surface area contributed by atoms with Crippen molar-refractivity contribution < 1.29 is 5.11 Å². The van der Waals surface area contributed by atoms with Gasteiger partial charge < -0.3 is 5.11 Å². The molecule has 0 aromatic carbocycles. The van der Waals surface area contributed by atoms with E-state index >= 15 is 0 Å². The Bertz CT molecular complexity index is 149. The van der Waals surface area contributed by atoms with Gasteiger partial charge in [-0.15, -0.1) is 0 Å². The van der Waals surface area contributed by atoms with Crippen LogP contribution in [0, 0.1) is 0 Å². The van der Waals surface area contributed by atoms with Crippen LogP contribution in [0.1, 0.15) is 52.4 Å². The molecule has 0 aromatic rings. The molecule has 0 aromatic heterocycles. The van der Waals surface area contributed by atoms with Crippen LogP contribution < -0.4 is 0 Å². The fourth-order valence-electron chi connectivity index (χ4n) is 2.01. The third kappa shape index (κ3) is 3.90. The molecule has 2 heteroatoms. The summed E-state index contributed by atoms with van der Waals surface area (Å²) in [6, 6.07) is 0. The van der Waals surface area contributed by atoms with Crippen molar-refractivity contribution >= 4 is 11.8 Å². The summed E-state index contributed by atoms with van der Waals surface area (Å²) < 4.78 is 0. The molecule has 1 heterocycles. The molecule has 2 unspecified atom stereocenters. The van der Waals surface area contributed by atoms with Gasteiger partial charge in [-0.3, -0.25) is 0 Å². The third-order valence-electron chi connectivity index (χ3n) is 2.80. The maximum Gasteiger partial charge on any atom is 0.0748 e. The molecule has 78 valence electrons. The average molecular weight is 202 g/mol. The molecular formula is C11H22OS. The smallest absolute Gasteiger partial charge is 0.0748 e. The summed E-state index contributed by atoms with van der Waals surface area (Å²) >= 11 is 1.92. The lowest BCUT2D eigenvalue weighted by Gasteiger charge is -2.21. The van der Waals surface area contributed by atoms with Gasteiger partial charge in [0.25, 0.3) is 0 Å². The van der Waals surface area contributed by atoms with Crippen molar-refractivity contribution in [1.29, 1.82) is 0 Å². The molecule has 0 bridgehead atoms. The van der Waals surface area contributed by atoms with Gasteiger partial charge in [0, 0.05) is 11.0 Å². The summed E-state index contributed by atoms with van der Waals surface area (Å²) in [5, 5.41) is 10.8. The van der Waals surface area contributed by atoms with E-state index in [1.165, 1.54) is 25.7 Å². The van der Waals surface area contributed by atoms with E-state index in [1.54, 1.807) is 0 Å². The molecule has 0 saturated carbocycles. The fourth-order valence-corrected chi connectivity index (χ4v) is 3.29. The largest absolute Gasteiger partial charge is 0.389 e. The minimum Gasteiger partial charge on any atom is -0.389 e. The molecular weight excluding hydrogens is 180 g/mol. The molecule has 0 radical (unpaired) electrons. The van der Waals surface area contributed by atoms with Crippen molar-refractivity contribution in [2.24, 2.45) is 0 Å². The lowest BCUT2D eigenvalue weighted by Crippen LogP contribution is -2.28. The fraction of sp³-hybridized carbons (Fsp3) is 1.00. The molecule has 1 fully saturated rings. The van der Waals surface area contributed by atoms with Crippen LogP contribution in [0.5, 0.6) is 0 Å². The van der Waals surface area contributed by atoms with E-state index in [0.29, 0.717) is 5.25 Å². The Balaban J connectivity index is 2.12. The lowest BCUT2D eigenvalue weighted by atomic mass is 9.93. The first kappa shape index (κ1) is 11.4. The zero-order chi connectivity index (χ0) is 9.73. The van der Waals surface area contributed by atoms with Gasteiger partial charge in [0.2, 0.25) is 0 Å². The van der Waals surface area contributed by atoms with Crippen molar-refractivity contribution in [3.8, 4) is 0 Å². The first-order valence-electron chi connectivity index (χ1n) is 5.50. The predicted molar refractivity (Wildman–Crippen MR) is 60.2 cm³/mol. The van der Waals surface area contributed by atoms with E-state index in [4.69, 9.17) is 0 Å². The third-order valence-corrected chi connectivity index (χ3v) is 4.24. The Morgan fingerprint density at radius 3 is 2.69 bits per heavy atom. The molecule has 1 saturated heterocycles. The number of thioether (sulfide) groups is 1. The highest BCUT2D eigenvalue weighted by molar-refractivity contribution is 8.00. The van der Waals surface area contributed by atoms with Crippen molar-refractivity contribution in [2.45, 2.75) is 63.2 Å². The maximum absolute atomic E-state index is 10.1. The van der Waals surface area contributed by atoms with Crippen molar-refractivity contribution in [1.82, 2.24) is 0 Å². The number of unbranched alkanes of at least 4 members (excludes halogenated alkanes) is 3. The highest BCUT2D eigenvalue weighted by Crippen LogP contribution is 2.37. The van der Waals surface area contributed by atoms with Gasteiger partial charge in [-0.1, -0.05) is 39.5 Å². The van der Waals surface area contributed by atoms with Crippen LogP contribution in [0.3, 0.4) is 0 Å². The SMILES string of the molecule is CCCCCCC1(O)CSC(C)C1. The molecule has 0 spiro atoms. The Hall–Kier alpha value is 0.310. The summed E-state index contributed by atoms with van der Waals surface area (Å²) in [7, 11) is 0. The van der Waals surface area contributed by atoms with Gasteiger partial charge in [-0.25, -0.2) is 0 Å². The van der Waals surface area contributed by atoms with Crippen LogP contribution in [-0.4, -0.2) is 21.7 Å². The van der Waals surface area contributed by atoms with Gasteiger partial charge in [-0.05, 0) is 12.8 Å². The van der Waals surface area contributed by atoms with E-state index < -0.39 is 0 Å². The number of hydrogen-bond acceptors (Lipinski definition) is 2. The van der Waals surface area contributed by atoms with Gasteiger partial charge >= 0.3 is 0 Å². The van der Waals surface area contributed by atoms with Crippen molar-refractivity contribution in [2.75, 3.05) is 5.75 Å². The number of aliphatic hydroxyl groups is 1. The first-order valence-corrected chi connectivity index (χ1v) is 6.55. The monoisotopic (exact) mass is 202 g/mol. The molecule has 13 heavy (non-hydrogen) atoms. The molecule has 1 nitrogen and oxygen atoms in total. The highest BCUT2D eigenvalue weighted by atomic mass is 32.2. The second kappa shape index (κ2) is 5.26. The summed E-state index contributed by atoms with van der Waals surface area (Å²) in [5.74, 6) is 0.959. The van der Waals surface area contributed by atoms with Crippen LogP contribution >= 0.6 is 11.8 Å². The minimum absolute atomic E-state index is 0.322. The summed E-state index contributed by atoms with van der Waals surface area (Å²) in [5.41, 5.74) is -0.322. The van der Waals surface area contributed by atoms with Gasteiger partial charge in [-0.2, -0.15) is 11.8 Å². The van der Waals surface area contributed by atoms with E-state index in [9.17, 15) is 5.11 Å². The van der Waals surface area contributed by atoms with E-state index in [-0.39, 0.29) is 5.60 Å². The Labute approximate surface area is 86.3 Å². The van der Waals surface area contributed by atoms with E-state index in [2.05, 4.69) is 13.8 Å². The van der Waals surface area contributed by atoms with Crippen molar-refractivity contribution in [3.05, 3.63) is 0 Å². The summed E-state index contributed by atoms with van der Waals surface area (Å²) in [4.78, 5) is 0. The number of rotatable bonds is 5. The minimum atomic E-state index is -0.322. The highest BCUT2D eigenvalue weighted by Gasteiger charge is 2.34. The van der Waals surface area contributed by atoms with Crippen LogP contribution in [0.2, 0.25) is 0 Å². The lowest BCUT2D eigenvalue weighted by molar-refractivity contribution is 0.0519. The first-order chi connectivity index (χ1) is 6.16. The second-order valence-electron chi connectivity index (χ2n) is 4.36. The topological polar surface area (TPSA) is 20.2 Å². The molecule has 1 N–H and O–H groups in total. The standard InChI is InChI=1S/C11H22OS/c1-3-4-5-6-7-11(12)8-10(2)13-9-11/h10,12H,3-9H2,1-2H3. The van der Waals surface area contributed by atoms with Crippen LogP contribution in [0.25, 0.3) is 0 Å². The van der Waals surface area contributed by atoms with Crippen LogP contribution in [0.15, 0.2) is 0 Å². The Kier molecular flexibility index (Phi) is 4.60. The Morgan fingerprint density at radius 2 is 2.15 bits per heavy atom. The quantitative estimate of drug-likeness (QED) is 0.691. The molecule has 1 rings (SSSR count). The zero-order valence-corrected chi connectivity index (χ0v) is 9.70. The Morgan fingerprint density at radius 1 is 1.38 bits per heavy atom. The molecule has 0 aliphatic carbocycles. The number of hydrogen-bond donors (Lipinski definition) is 1.